The highest BCUT2D eigenvalue weighted by Gasteiger charge is 2.43. The van der Waals surface area contributed by atoms with E-state index in [0.29, 0.717) is 24.1 Å². The average molecular weight is 456 g/mol. The van der Waals surface area contributed by atoms with Crippen LogP contribution in [-0.2, 0) is 15.9 Å². The molecule has 0 spiro atoms. The van der Waals surface area contributed by atoms with Crippen molar-refractivity contribution < 1.29 is 37.1 Å². The largest absolute Gasteiger partial charge is 0.484 e. The zero-order valence-corrected chi connectivity index (χ0v) is 17.5. The van der Waals surface area contributed by atoms with Gasteiger partial charge in [0, 0.05) is 24.8 Å². The molecule has 0 bridgehead atoms. The summed E-state index contributed by atoms with van der Waals surface area (Å²) in [7, 11) is 0. The minimum atomic E-state index is -4.60. The van der Waals surface area contributed by atoms with Gasteiger partial charge in [0.05, 0.1) is 13.2 Å². The number of hydrogen-bond donors (Lipinski definition) is 2. The fourth-order valence-corrected chi connectivity index (χ4v) is 3.58. The summed E-state index contributed by atoms with van der Waals surface area (Å²) in [6.45, 7) is 1.59. The lowest BCUT2D eigenvalue weighted by Gasteiger charge is -2.37. The Morgan fingerprint density at radius 2 is 2.09 bits per heavy atom. The number of halogens is 3. The summed E-state index contributed by atoms with van der Waals surface area (Å²) in [5, 5.41) is 17.3. The fraction of sp³-hybridized carbons (Fsp3) is 0.600. The summed E-state index contributed by atoms with van der Waals surface area (Å²) in [5.74, 6) is 0.121. The number of aryl methyl sites for hydroxylation is 1. The third kappa shape index (κ3) is 4.85. The van der Waals surface area contributed by atoms with Crippen molar-refractivity contribution >= 4 is 5.91 Å². The van der Waals surface area contributed by atoms with Crippen LogP contribution in [0.2, 0.25) is 0 Å². The van der Waals surface area contributed by atoms with Crippen LogP contribution in [0.3, 0.4) is 0 Å². The van der Waals surface area contributed by atoms with Gasteiger partial charge in [0.25, 0.3) is 5.91 Å². The summed E-state index contributed by atoms with van der Waals surface area (Å²) < 4.78 is 53.1. The van der Waals surface area contributed by atoms with Crippen LogP contribution in [0.15, 0.2) is 16.8 Å². The number of amides is 1. The number of aromatic nitrogens is 3. The molecule has 1 saturated carbocycles. The lowest BCUT2D eigenvalue weighted by atomic mass is 9.92. The molecule has 4 rings (SSSR count). The van der Waals surface area contributed by atoms with Gasteiger partial charge in [0.15, 0.2) is 12.4 Å². The second-order valence-corrected chi connectivity index (χ2v) is 8.56. The lowest BCUT2D eigenvalue weighted by Crippen LogP contribution is -2.47. The summed E-state index contributed by atoms with van der Waals surface area (Å²) in [5.41, 5.74) is -2.62. The monoisotopic (exact) mass is 456 g/mol. The molecule has 174 valence electrons. The van der Waals surface area contributed by atoms with Gasteiger partial charge in [-0.2, -0.15) is 18.2 Å². The first-order valence-corrected chi connectivity index (χ1v) is 10.1. The van der Waals surface area contributed by atoms with E-state index in [1.165, 1.54) is 0 Å². The van der Waals surface area contributed by atoms with Gasteiger partial charge in [-0.25, -0.2) is 0 Å². The molecule has 2 aromatic rings. The summed E-state index contributed by atoms with van der Waals surface area (Å²) in [4.78, 5) is 21.3. The fourth-order valence-electron chi connectivity index (χ4n) is 3.58. The Bertz CT molecular complexity index is 1000. The van der Waals surface area contributed by atoms with Crippen molar-refractivity contribution in [2.45, 2.75) is 50.4 Å². The first kappa shape index (κ1) is 22.5. The zero-order chi connectivity index (χ0) is 23.1. The number of carbonyl (C=O) groups excluding carboxylic acids is 1. The maximum Gasteiger partial charge on any atom is 0.422 e. The molecule has 9 nitrogen and oxygen atoms in total. The Kier molecular flexibility index (Phi) is 5.61. The molecule has 32 heavy (non-hydrogen) atoms. The Balaban J connectivity index is 1.60. The predicted molar refractivity (Wildman–Crippen MR) is 102 cm³/mol. The van der Waals surface area contributed by atoms with E-state index in [1.807, 2.05) is 0 Å². The van der Waals surface area contributed by atoms with Crippen molar-refractivity contribution in [3.05, 3.63) is 35.2 Å². The number of aliphatic hydroxyl groups is 1. The van der Waals surface area contributed by atoms with Crippen LogP contribution in [0.5, 0.6) is 5.75 Å². The lowest BCUT2D eigenvalue weighted by molar-refractivity contribution is -0.187. The number of nitrogens with one attached hydrogen (secondary N) is 1. The number of alkyl halides is 3. The minimum Gasteiger partial charge on any atom is -0.484 e. The van der Waals surface area contributed by atoms with Crippen molar-refractivity contribution in [1.29, 1.82) is 0 Å². The maximum atomic E-state index is 13.0. The smallest absolute Gasteiger partial charge is 0.422 e. The molecule has 3 heterocycles. The van der Waals surface area contributed by atoms with Gasteiger partial charge in [0.1, 0.15) is 22.6 Å². The summed E-state index contributed by atoms with van der Waals surface area (Å²) in [6.07, 6.45) is -0.845. The van der Waals surface area contributed by atoms with Gasteiger partial charge in [-0.05, 0) is 19.3 Å². The van der Waals surface area contributed by atoms with E-state index in [1.54, 1.807) is 13.8 Å². The van der Waals surface area contributed by atoms with Gasteiger partial charge < -0.3 is 24.4 Å². The molecule has 2 fully saturated rings. The van der Waals surface area contributed by atoms with Crippen molar-refractivity contribution in [3.63, 3.8) is 0 Å². The van der Waals surface area contributed by atoms with Gasteiger partial charge in [0.2, 0.25) is 5.89 Å². The summed E-state index contributed by atoms with van der Waals surface area (Å²) >= 11 is 0. The van der Waals surface area contributed by atoms with E-state index in [0.717, 1.165) is 25.1 Å². The van der Waals surface area contributed by atoms with Crippen molar-refractivity contribution in [3.8, 4) is 5.75 Å². The molecule has 12 heteroatoms. The first-order chi connectivity index (χ1) is 15.0. The van der Waals surface area contributed by atoms with Crippen LogP contribution in [0.1, 0.15) is 54.0 Å². The minimum absolute atomic E-state index is 0.0269. The van der Waals surface area contributed by atoms with Crippen molar-refractivity contribution in [2.75, 3.05) is 19.8 Å². The Hall–Kier alpha value is -2.73. The van der Waals surface area contributed by atoms with Gasteiger partial charge >= 0.3 is 6.18 Å². The molecule has 1 saturated heterocycles. The number of ether oxygens (including phenoxy) is 2. The quantitative estimate of drug-likeness (QED) is 0.622. The summed E-state index contributed by atoms with van der Waals surface area (Å²) in [6, 6.07) is 1.09. The second-order valence-electron chi connectivity index (χ2n) is 8.56. The van der Waals surface area contributed by atoms with Crippen LogP contribution in [0.25, 0.3) is 0 Å². The number of nitrogens with zero attached hydrogens (tertiary/aromatic N) is 3. The predicted octanol–water partition coefficient (Wildman–Crippen LogP) is 2.38. The molecule has 1 aliphatic heterocycles. The Morgan fingerprint density at radius 1 is 1.38 bits per heavy atom. The molecule has 2 aromatic heterocycles. The Labute approximate surface area is 181 Å². The number of hydrogen-bond acceptors (Lipinski definition) is 8. The van der Waals surface area contributed by atoms with Crippen LogP contribution in [0, 0.1) is 12.8 Å². The van der Waals surface area contributed by atoms with Gasteiger partial charge in [-0.1, -0.05) is 18.0 Å². The van der Waals surface area contributed by atoms with Gasteiger partial charge in [-0.15, -0.1) is 0 Å². The number of pyridine rings is 1. The van der Waals surface area contributed by atoms with E-state index in [9.17, 15) is 23.1 Å². The van der Waals surface area contributed by atoms with E-state index in [-0.39, 0.29) is 30.2 Å². The molecule has 1 atom stereocenters. The molecule has 0 aromatic carbocycles. The molecule has 1 unspecified atom stereocenters. The number of carbonyl (C=O) groups is 1. The standard InChI is InChI=1S/C20H23F3N4O5/c1-11-25-17(27-32-11)18(2,6-12-3-4-12)26-16(28)14-5-15(31-10-20(21,22)23)13(7-24-14)19(29)8-30-9-19/h5,7,12,29H,3-4,6,8-10H2,1-2H3,(H,26,28). The average Bonchev–Trinajstić information content (AvgIpc) is 3.39. The highest BCUT2D eigenvalue weighted by atomic mass is 19.4. The van der Waals surface area contributed by atoms with Gasteiger partial charge in [-0.3, -0.25) is 9.78 Å². The van der Waals surface area contributed by atoms with E-state index < -0.39 is 29.8 Å². The van der Waals surface area contributed by atoms with Crippen LogP contribution >= 0.6 is 0 Å². The van der Waals surface area contributed by atoms with E-state index in [2.05, 4.69) is 20.4 Å². The normalized spacial score (nSPS) is 19.7. The third-order valence-electron chi connectivity index (χ3n) is 5.48. The first-order valence-electron chi connectivity index (χ1n) is 10.1. The number of rotatable bonds is 8. The highest BCUT2D eigenvalue weighted by molar-refractivity contribution is 5.93. The SMILES string of the molecule is Cc1nc(C(C)(CC2CC2)NC(=O)c2cc(OCC(F)(F)F)c(C3(O)COC3)cn2)no1. The van der Waals surface area contributed by atoms with Crippen LogP contribution in [-0.4, -0.2) is 52.1 Å². The van der Waals surface area contributed by atoms with E-state index in [4.69, 9.17) is 14.0 Å². The molecular weight excluding hydrogens is 433 g/mol. The molecule has 1 amide bonds. The topological polar surface area (TPSA) is 120 Å². The molecule has 2 aliphatic rings. The van der Waals surface area contributed by atoms with Crippen LogP contribution < -0.4 is 10.1 Å². The van der Waals surface area contributed by atoms with Crippen LogP contribution in [0.4, 0.5) is 13.2 Å². The van der Waals surface area contributed by atoms with E-state index >= 15 is 0 Å². The Morgan fingerprint density at radius 3 is 2.62 bits per heavy atom. The third-order valence-corrected chi connectivity index (χ3v) is 5.48. The maximum absolute atomic E-state index is 13.0. The molecule has 2 N–H and O–H groups in total. The molecular formula is C20H23F3N4O5. The zero-order valence-electron chi connectivity index (χ0n) is 17.5. The molecule has 1 aliphatic carbocycles. The van der Waals surface area contributed by atoms with Crippen molar-refractivity contribution in [2.24, 2.45) is 5.92 Å². The second kappa shape index (κ2) is 8.00. The van der Waals surface area contributed by atoms with Crippen molar-refractivity contribution in [1.82, 2.24) is 20.4 Å². The molecule has 0 radical (unpaired) electrons. The highest BCUT2D eigenvalue weighted by Crippen LogP contribution is 2.40.